The molecule has 108 valence electrons. The number of hydrogen-bond donors (Lipinski definition) is 0. The number of piperidine rings is 1. The molecule has 1 fully saturated rings. The second-order valence-corrected chi connectivity index (χ2v) is 6.88. The first-order chi connectivity index (χ1) is 9.46. The summed E-state index contributed by atoms with van der Waals surface area (Å²) in [6.45, 7) is 6.41. The maximum absolute atomic E-state index is 12.2. The van der Waals surface area contributed by atoms with E-state index in [1.54, 1.807) is 16.2 Å². The molecule has 20 heavy (non-hydrogen) atoms. The molecule has 4 heteroatoms. The Hall–Kier alpha value is -1.47. The zero-order chi connectivity index (χ0) is 14.6. The minimum absolute atomic E-state index is 0.0271. The van der Waals surface area contributed by atoms with Crippen molar-refractivity contribution in [3.8, 4) is 11.8 Å². The Morgan fingerprint density at radius 2 is 2.25 bits per heavy atom. The van der Waals surface area contributed by atoms with Gasteiger partial charge < -0.3 is 4.74 Å². The lowest BCUT2D eigenvalue weighted by molar-refractivity contribution is 0.0158. The van der Waals surface area contributed by atoms with E-state index in [0.29, 0.717) is 0 Å². The lowest BCUT2D eigenvalue weighted by Crippen LogP contribution is -2.45. The van der Waals surface area contributed by atoms with Crippen molar-refractivity contribution in [2.24, 2.45) is 0 Å². The van der Waals surface area contributed by atoms with Gasteiger partial charge in [0.15, 0.2) is 0 Å². The highest BCUT2D eigenvalue weighted by Crippen LogP contribution is 2.20. The summed E-state index contributed by atoms with van der Waals surface area (Å²) < 4.78 is 5.47. The molecule has 0 aromatic carbocycles. The Morgan fingerprint density at radius 1 is 1.45 bits per heavy atom. The van der Waals surface area contributed by atoms with Crippen LogP contribution in [0.15, 0.2) is 17.5 Å². The third-order valence-corrected chi connectivity index (χ3v) is 3.80. The Kier molecular flexibility index (Phi) is 4.72. The van der Waals surface area contributed by atoms with Crippen molar-refractivity contribution < 1.29 is 9.53 Å². The van der Waals surface area contributed by atoms with Crippen LogP contribution in [0.2, 0.25) is 0 Å². The molecule has 0 saturated carbocycles. The molecule has 1 aromatic rings. The van der Waals surface area contributed by atoms with E-state index in [2.05, 4.69) is 11.8 Å². The summed E-state index contributed by atoms with van der Waals surface area (Å²) in [6.07, 6.45) is 2.82. The SMILES string of the molecule is CC(C)(C)OC(=O)N1CCCCC1C#Cc1cccs1. The van der Waals surface area contributed by atoms with Crippen LogP contribution >= 0.6 is 11.3 Å². The van der Waals surface area contributed by atoms with Crippen LogP contribution in [0.25, 0.3) is 0 Å². The van der Waals surface area contributed by atoms with Gasteiger partial charge in [0.1, 0.15) is 5.60 Å². The third kappa shape index (κ3) is 4.28. The van der Waals surface area contributed by atoms with Gasteiger partial charge in [0.05, 0.1) is 10.9 Å². The van der Waals surface area contributed by atoms with Crippen LogP contribution in [0.3, 0.4) is 0 Å². The van der Waals surface area contributed by atoms with Crippen LogP contribution in [0.4, 0.5) is 4.79 Å². The third-order valence-electron chi connectivity index (χ3n) is 3.01. The Morgan fingerprint density at radius 3 is 2.90 bits per heavy atom. The van der Waals surface area contributed by atoms with Gasteiger partial charge in [-0.05, 0) is 51.5 Å². The number of rotatable bonds is 0. The fourth-order valence-electron chi connectivity index (χ4n) is 2.12. The summed E-state index contributed by atoms with van der Waals surface area (Å²) in [4.78, 5) is 15.0. The van der Waals surface area contributed by atoms with Crippen LogP contribution in [-0.2, 0) is 4.74 Å². The van der Waals surface area contributed by atoms with Crippen molar-refractivity contribution in [2.45, 2.75) is 51.7 Å². The summed E-state index contributed by atoms with van der Waals surface area (Å²) in [7, 11) is 0. The predicted molar refractivity (Wildman–Crippen MR) is 81.8 cm³/mol. The molecule has 1 saturated heterocycles. The minimum Gasteiger partial charge on any atom is -0.444 e. The molecule has 1 unspecified atom stereocenters. The predicted octanol–water partition coefficient (Wildman–Crippen LogP) is 3.89. The second-order valence-electron chi connectivity index (χ2n) is 5.93. The number of hydrogen-bond acceptors (Lipinski definition) is 3. The van der Waals surface area contributed by atoms with E-state index in [-0.39, 0.29) is 12.1 Å². The van der Waals surface area contributed by atoms with Gasteiger partial charge in [-0.25, -0.2) is 4.79 Å². The van der Waals surface area contributed by atoms with Crippen LogP contribution in [0.1, 0.15) is 44.9 Å². The smallest absolute Gasteiger partial charge is 0.411 e. The Bertz CT molecular complexity index is 505. The highest BCUT2D eigenvalue weighted by molar-refractivity contribution is 7.10. The lowest BCUT2D eigenvalue weighted by Gasteiger charge is -2.34. The van der Waals surface area contributed by atoms with E-state index in [9.17, 15) is 4.79 Å². The zero-order valence-corrected chi connectivity index (χ0v) is 13.1. The first-order valence-electron chi connectivity index (χ1n) is 7.00. The van der Waals surface area contributed by atoms with Gasteiger partial charge in [0, 0.05) is 6.54 Å². The van der Waals surface area contributed by atoms with Crippen molar-refractivity contribution in [2.75, 3.05) is 6.54 Å². The normalized spacial score (nSPS) is 19.1. The molecule has 2 rings (SSSR count). The molecule has 1 amide bonds. The fourth-order valence-corrected chi connectivity index (χ4v) is 2.70. The minimum atomic E-state index is -0.458. The number of nitrogens with zero attached hydrogens (tertiary/aromatic N) is 1. The quantitative estimate of drug-likeness (QED) is 0.679. The molecule has 0 spiro atoms. The van der Waals surface area contributed by atoms with Crippen LogP contribution in [0, 0.1) is 11.8 Å². The summed E-state index contributed by atoms with van der Waals surface area (Å²) in [5.41, 5.74) is -0.458. The number of carbonyl (C=O) groups is 1. The van der Waals surface area contributed by atoms with Crippen LogP contribution in [0.5, 0.6) is 0 Å². The monoisotopic (exact) mass is 291 g/mol. The largest absolute Gasteiger partial charge is 0.444 e. The Labute approximate surface area is 124 Å². The first kappa shape index (κ1) is 14.9. The molecule has 0 N–H and O–H groups in total. The molecule has 3 nitrogen and oxygen atoms in total. The molecule has 2 heterocycles. The van der Waals surface area contributed by atoms with E-state index < -0.39 is 5.60 Å². The summed E-state index contributed by atoms with van der Waals surface area (Å²) in [5, 5.41) is 2.01. The summed E-state index contributed by atoms with van der Waals surface area (Å²) >= 11 is 1.62. The molecule has 1 aromatic heterocycles. The summed E-state index contributed by atoms with van der Waals surface area (Å²) in [6, 6.07) is 3.96. The van der Waals surface area contributed by atoms with E-state index in [4.69, 9.17) is 4.74 Å². The molecular weight excluding hydrogens is 270 g/mol. The first-order valence-corrected chi connectivity index (χ1v) is 7.88. The second kappa shape index (κ2) is 6.32. The van der Waals surface area contributed by atoms with Crippen molar-refractivity contribution in [1.29, 1.82) is 0 Å². The van der Waals surface area contributed by atoms with E-state index in [1.807, 2.05) is 38.3 Å². The molecule has 1 atom stereocenters. The van der Waals surface area contributed by atoms with Gasteiger partial charge in [-0.2, -0.15) is 0 Å². The molecule has 0 radical (unpaired) electrons. The van der Waals surface area contributed by atoms with Gasteiger partial charge in [-0.1, -0.05) is 17.9 Å². The highest BCUT2D eigenvalue weighted by Gasteiger charge is 2.29. The lowest BCUT2D eigenvalue weighted by atomic mass is 10.0. The van der Waals surface area contributed by atoms with E-state index >= 15 is 0 Å². The average Bonchev–Trinajstić information content (AvgIpc) is 2.87. The topological polar surface area (TPSA) is 29.5 Å². The van der Waals surface area contributed by atoms with E-state index in [0.717, 1.165) is 30.7 Å². The average molecular weight is 291 g/mol. The van der Waals surface area contributed by atoms with Gasteiger partial charge >= 0.3 is 6.09 Å². The molecular formula is C16H21NO2S. The molecule has 0 bridgehead atoms. The highest BCUT2D eigenvalue weighted by atomic mass is 32.1. The van der Waals surface area contributed by atoms with E-state index in [1.165, 1.54) is 0 Å². The number of thiophene rings is 1. The van der Waals surface area contributed by atoms with Gasteiger partial charge in [0.2, 0.25) is 0 Å². The Balaban J connectivity index is 2.07. The van der Waals surface area contributed by atoms with Gasteiger partial charge in [-0.3, -0.25) is 4.90 Å². The number of ether oxygens (including phenoxy) is 1. The number of amides is 1. The number of likely N-dealkylation sites (tertiary alicyclic amines) is 1. The molecule has 0 aliphatic carbocycles. The molecule has 1 aliphatic heterocycles. The maximum atomic E-state index is 12.2. The standard InChI is InChI=1S/C16H21NO2S/c1-16(2,3)19-15(18)17-11-5-4-7-13(17)9-10-14-8-6-12-20-14/h6,8,12-13H,4-5,7,11H2,1-3H3. The van der Waals surface area contributed by atoms with Crippen LogP contribution < -0.4 is 0 Å². The van der Waals surface area contributed by atoms with Gasteiger partial charge in [-0.15, -0.1) is 11.3 Å². The van der Waals surface area contributed by atoms with Crippen molar-refractivity contribution in [3.05, 3.63) is 22.4 Å². The number of carbonyl (C=O) groups excluding carboxylic acids is 1. The zero-order valence-electron chi connectivity index (χ0n) is 12.3. The van der Waals surface area contributed by atoms with Gasteiger partial charge in [0.25, 0.3) is 0 Å². The van der Waals surface area contributed by atoms with Crippen molar-refractivity contribution in [1.82, 2.24) is 4.90 Å². The summed E-state index contributed by atoms with van der Waals surface area (Å²) in [5.74, 6) is 6.39. The van der Waals surface area contributed by atoms with Crippen molar-refractivity contribution in [3.63, 3.8) is 0 Å². The van der Waals surface area contributed by atoms with Crippen molar-refractivity contribution >= 4 is 17.4 Å². The molecule has 1 aliphatic rings. The fraction of sp³-hybridized carbons (Fsp3) is 0.562. The maximum Gasteiger partial charge on any atom is 0.411 e. The van der Waals surface area contributed by atoms with Crippen LogP contribution in [-0.4, -0.2) is 29.2 Å².